The molecule has 1 aliphatic rings. The molecule has 3 unspecified atom stereocenters. The second-order valence-corrected chi connectivity index (χ2v) is 5.76. The van der Waals surface area contributed by atoms with Crippen molar-refractivity contribution in [2.45, 2.75) is 64.3 Å². The van der Waals surface area contributed by atoms with E-state index in [1.807, 2.05) is 13.8 Å². The number of hydrazine groups is 1. The van der Waals surface area contributed by atoms with Crippen molar-refractivity contribution in [3.05, 3.63) is 0 Å². The molecule has 1 heterocycles. The van der Waals surface area contributed by atoms with Crippen LogP contribution in [0.3, 0.4) is 0 Å². The normalized spacial score (nSPS) is 29.1. The summed E-state index contributed by atoms with van der Waals surface area (Å²) in [5.41, 5.74) is 3.02. The molecule has 0 radical (unpaired) electrons. The minimum Gasteiger partial charge on any atom is -0.287 e. The number of rotatable bonds is 3. The minimum atomic E-state index is -0.221. The molecular weight excluding hydrogens is 220 g/mol. The third-order valence-corrected chi connectivity index (χ3v) is 4.16. The molecule has 3 atom stereocenters. The van der Waals surface area contributed by atoms with Gasteiger partial charge in [0.25, 0.3) is 0 Å². The highest BCUT2D eigenvalue weighted by Crippen LogP contribution is 2.20. The van der Waals surface area contributed by atoms with E-state index in [-0.39, 0.29) is 17.1 Å². The molecule has 3 nitrogen and oxygen atoms in total. The van der Waals surface area contributed by atoms with E-state index in [1.54, 1.807) is 0 Å². The van der Waals surface area contributed by atoms with Gasteiger partial charge in [0.1, 0.15) is 0 Å². The molecule has 1 aliphatic heterocycles. The van der Waals surface area contributed by atoms with Crippen molar-refractivity contribution in [1.29, 1.82) is 0 Å². The maximum atomic E-state index is 11.9. The van der Waals surface area contributed by atoms with E-state index in [1.165, 1.54) is 6.42 Å². The van der Waals surface area contributed by atoms with E-state index < -0.39 is 0 Å². The summed E-state index contributed by atoms with van der Waals surface area (Å²) in [7, 11) is 0. The van der Waals surface area contributed by atoms with Crippen LogP contribution < -0.4 is 5.43 Å². The van der Waals surface area contributed by atoms with Gasteiger partial charge in [-0.1, -0.05) is 20.3 Å². The molecule has 0 aromatic carbocycles. The maximum absolute atomic E-state index is 11.9. The van der Waals surface area contributed by atoms with Crippen molar-refractivity contribution in [1.82, 2.24) is 10.4 Å². The third kappa shape index (κ3) is 3.39. The highest BCUT2D eigenvalue weighted by Gasteiger charge is 2.28. The van der Waals surface area contributed by atoms with Gasteiger partial charge in [-0.15, -0.1) is 0 Å². The van der Waals surface area contributed by atoms with Crippen LogP contribution in [0.1, 0.15) is 47.0 Å². The Labute approximate surface area is 104 Å². The fourth-order valence-electron chi connectivity index (χ4n) is 2.14. The topological polar surface area (TPSA) is 32.3 Å². The predicted octanol–water partition coefficient (Wildman–Crippen LogP) is 2.23. The summed E-state index contributed by atoms with van der Waals surface area (Å²) in [5, 5.41) is 1.87. The van der Waals surface area contributed by atoms with Crippen LogP contribution in [0.4, 0.5) is 0 Å². The monoisotopic (exact) mass is 244 g/mol. The number of carbonyl (C=O) groups excluding carboxylic acids is 1. The van der Waals surface area contributed by atoms with Gasteiger partial charge in [-0.25, -0.2) is 5.01 Å². The van der Waals surface area contributed by atoms with Gasteiger partial charge in [-0.05, 0) is 32.6 Å². The fraction of sp³-hybridized carbons (Fsp3) is 0.917. The smallest absolute Gasteiger partial charge is 0.247 e. The molecule has 4 heteroatoms. The molecule has 1 saturated heterocycles. The summed E-state index contributed by atoms with van der Waals surface area (Å²) in [5.74, 6) is 0.290. The summed E-state index contributed by atoms with van der Waals surface area (Å²) in [6, 6.07) is 0.862. The van der Waals surface area contributed by atoms with Crippen LogP contribution >= 0.6 is 12.6 Å². The number of nitrogens with one attached hydrogen (secondary N) is 1. The van der Waals surface area contributed by atoms with Gasteiger partial charge in [0.05, 0.1) is 5.25 Å². The Kier molecular flexibility index (Phi) is 5.12. The Morgan fingerprint density at radius 1 is 1.31 bits per heavy atom. The van der Waals surface area contributed by atoms with Crippen molar-refractivity contribution in [2.75, 3.05) is 0 Å². The Bertz CT molecular complexity index is 235. The summed E-state index contributed by atoms with van der Waals surface area (Å²) in [6.07, 6.45) is 3.57. The zero-order chi connectivity index (χ0) is 12.3. The van der Waals surface area contributed by atoms with Crippen LogP contribution in [0.2, 0.25) is 0 Å². The maximum Gasteiger partial charge on any atom is 0.247 e. The molecule has 0 aromatic heterocycles. The van der Waals surface area contributed by atoms with E-state index >= 15 is 0 Å². The van der Waals surface area contributed by atoms with E-state index in [0.29, 0.717) is 12.1 Å². The molecule has 0 aliphatic carbocycles. The molecule has 16 heavy (non-hydrogen) atoms. The van der Waals surface area contributed by atoms with Crippen LogP contribution in [0.5, 0.6) is 0 Å². The van der Waals surface area contributed by atoms with Crippen molar-refractivity contribution in [3.8, 4) is 0 Å². The number of hydrogen-bond acceptors (Lipinski definition) is 3. The first-order chi connectivity index (χ1) is 7.43. The highest BCUT2D eigenvalue weighted by molar-refractivity contribution is 7.81. The average molecular weight is 244 g/mol. The van der Waals surface area contributed by atoms with Crippen molar-refractivity contribution in [2.24, 2.45) is 5.92 Å². The van der Waals surface area contributed by atoms with Crippen LogP contribution in [0.25, 0.3) is 0 Å². The molecule has 0 saturated carbocycles. The molecule has 94 valence electrons. The molecule has 1 fully saturated rings. The summed E-state index contributed by atoms with van der Waals surface area (Å²) < 4.78 is 0. The van der Waals surface area contributed by atoms with Crippen LogP contribution in [0, 0.1) is 5.92 Å². The first-order valence-electron chi connectivity index (χ1n) is 6.20. The summed E-state index contributed by atoms with van der Waals surface area (Å²) >= 11 is 4.34. The van der Waals surface area contributed by atoms with Crippen molar-refractivity contribution >= 4 is 18.5 Å². The SMILES string of the molecule is CC(C)C(S)C(=O)NN1C(C)CCCC1C. The molecule has 0 aromatic rings. The largest absolute Gasteiger partial charge is 0.287 e. The van der Waals surface area contributed by atoms with Gasteiger partial charge in [-0.3, -0.25) is 10.2 Å². The number of hydrogen-bond donors (Lipinski definition) is 2. The molecule has 1 N–H and O–H groups in total. The van der Waals surface area contributed by atoms with E-state index in [9.17, 15) is 4.79 Å². The Morgan fingerprint density at radius 3 is 2.25 bits per heavy atom. The summed E-state index contributed by atoms with van der Waals surface area (Å²) in [6.45, 7) is 8.36. The van der Waals surface area contributed by atoms with Gasteiger partial charge in [0.15, 0.2) is 0 Å². The zero-order valence-electron chi connectivity index (χ0n) is 10.7. The lowest BCUT2D eigenvalue weighted by Crippen LogP contribution is -2.56. The molecule has 0 bridgehead atoms. The Balaban J connectivity index is 2.54. The molecular formula is C12H24N2OS. The van der Waals surface area contributed by atoms with Gasteiger partial charge in [0.2, 0.25) is 5.91 Å². The number of nitrogens with zero attached hydrogens (tertiary/aromatic N) is 1. The van der Waals surface area contributed by atoms with Gasteiger partial charge in [-0.2, -0.15) is 12.6 Å². The average Bonchev–Trinajstić information content (AvgIpc) is 2.22. The molecule has 1 rings (SSSR count). The second kappa shape index (κ2) is 5.92. The number of piperidine rings is 1. The number of thiol groups is 1. The predicted molar refractivity (Wildman–Crippen MR) is 70.4 cm³/mol. The fourth-order valence-corrected chi connectivity index (χ4v) is 2.20. The van der Waals surface area contributed by atoms with Gasteiger partial charge in [0, 0.05) is 12.1 Å². The van der Waals surface area contributed by atoms with Gasteiger partial charge < -0.3 is 0 Å². The molecule has 1 amide bonds. The number of carbonyl (C=O) groups is 1. The first kappa shape index (κ1) is 13.8. The number of amides is 1. The van der Waals surface area contributed by atoms with Gasteiger partial charge >= 0.3 is 0 Å². The zero-order valence-corrected chi connectivity index (χ0v) is 11.6. The van der Waals surface area contributed by atoms with Crippen LogP contribution in [-0.4, -0.2) is 28.2 Å². The van der Waals surface area contributed by atoms with Crippen molar-refractivity contribution in [3.63, 3.8) is 0 Å². The van der Waals surface area contributed by atoms with Crippen LogP contribution in [-0.2, 0) is 4.79 Å². The highest BCUT2D eigenvalue weighted by atomic mass is 32.1. The quantitative estimate of drug-likeness (QED) is 0.746. The first-order valence-corrected chi connectivity index (χ1v) is 6.72. The van der Waals surface area contributed by atoms with E-state index in [4.69, 9.17) is 0 Å². The lowest BCUT2D eigenvalue weighted by Gasteiger charge is -2.39. The Hall–Kier alpha value is -0.220. The lowest BCUT2D eigenvalue weighted by atomic mass is 10.00. The lowest BCUT2D eigenvalue weighted by molar-refractivity contribution is -0.129. The van der Waals surface area contributed by atoms with Crippen molar-refractivity contribution < 1.29 is 4.79 Å². The second-order valence-electron chi connectivity index (χ2n) is 5.20. The minimum absolute atomic E-state index is 0.0268. The third-order valence-electron chi connectivity index (χ3n) is 3.33. The van der Waals surface area contributed by atoms with E-state index in [2.05, 4.69) is 36.9 Å². The Morgan fingerprint density at radius 2 is 1.81 bits per heavy atom. The summed E-state index contributed by atoms with van der Waals surface area (Å²) in [4.78, 5) is 11.9. The van der Waals surface area contributed by atoms with E-state index in [0.717, 1.165) is 12.8 Å². The standard InChI is InChI=1S/C12H24N2OS/c1-8(2)11(16)12(15)13-14-9(3)6-5-7-10(14)4/h8-11,16H,5-7H2,1-4H3,(H,13,15). The molecule has 0 spiro atoms. The van der Waals surface area contributed by atoms with Crippen LogP contribution in [0.15, 0.2) is 0 Å².